The van der Waals surface area contributed by atoms with Crippen LogP contribution in [-0.4, -0.2) is 37.3 Å². The predicted octanol–water partition coefficient (Wildman–Crippen LogP) is 1.01. The molecule has 1 aliphatic carbocycles. The summed E-state index contributed by atoms with van der Waals surface area (Å²) in [6, 6.07) is 7.46. The van der Waals surface area contributed by atoms with Crippen LogP contribution in [0.4, 0.5) is 5.69 Å². The summed E-state index contributed by atoms with van der Waals surface area (Å²) < 4.78 is 0. The third-order valence-electron chi connectivity index (χ3n) is 3.16. The summed E-state index contributed by atoms with van der Waals surface area (Å²) in [5.74, 6) is -0.111. The van der Waals surface area contributed by atoms with Crippen LogP contribution in [0.5, 0.6) is 0 Å². The molecule has 0 heterocycles. The van der Waals surface area contributed by atoms with Gasteiger partial charge in [-0.1, -0.05) is 6.07 Å². The first-order chi connectivity index (χ1) is 8.06. The number of amides is 1. The number of carbonyl (C=O) groups excluding carboxylic acids is 1. The second kappa shape index (κ2) is 4.37. The summed E-state index contributed by atoms with van der Waals surface area (Å²) in [6.45, 7) is 0.0200. The minimum Gasteiger partial charge on any atom is -0.394 e. The Kier molecular flexibility index (Phi) is 3.07. The van der Waals surface area contributed by atoms with Crippen molar-refractivity contribution < 1.29 is 9.90 Å². The fourth-order valence-corrected chi connectivity index (χ4v) is 1.71. The van der Waals surface area contributed by atoms with E-state index in [1.54, 1.807) is 6.07 Å². The van der Waals surface area contributed by atoms with Crippen molar-refractivity contribution in [3.05, 3.63) is 29.8 Å². The normalized spacial score (nSPS) is 16.4. The van der Waals surface area contributed by atoms with Gasteiger partial charge in [-0.05, 0) is 31.0 Å². The molecule has 17 heavy (non-hydrogen) atoms. The van der Waals surface area contributed by atoms with Gasteiger partial charge in [0.1, 0.15) is 0 Å². The van der Waals surface area contributed by atoms with E-state index in [0.29, 0.717) is 5.56 Å². The topological polar surface area (TPSA) is 52.6 Å². The fraction of sp³-hybridized carbons (Fsp3) is 0.462. The molecule has 1 aromatic carbocycles. The molecule has 92 valence electrons. The summed E-state index contributed by atoms with van der Waals surface area (Å²) in [5, 5.41) is 12.1. The standard InChI is InChI=1S/C13H18N2O2/c1-15(2)11-5-3-4-10(8-11)12(17)14-13(9-16)6-7-13/h3-5,8,16H,6-7,9H2,1-2H3,(H,14,17). The van der Waals surface area contributed by atoms with Gasteiger partial charge >= 0.3 is 0 Å². The van der Waals surface area contributed by atoms with Crippen molar-refractivity contribution in [2.75, 3.05) is 25.6 Å². The summed E-state index contributed by atoms with van der Waals surface area (Å²) in [6.07, 6.45) is 1.73. The third kappa shape index (κ3) is 2.58. The van der Waals surface area contributed by atoms with Crippen molar-refractivity contribution in [1.29, 1.82) is 0 Å². The quantitative estimate of drug-likeness (QED) is 0.817. The number of hydrogen-bond acceptors (Lipinski definition) is 3. The molecule has 0 saturated heterocycles. The second-order valence-electron chi connectivity index (χ2n) is 4.84. The van der Waals surface area contributed by atoms with Gasteiger partial charge in [0.2, 0.25) is 0 Å². The van der Waals surface area contributed by atoms with Gasteiger partial charge < -0.3 is 15.3 Å². The molecule has 0 unspecified atom stereocenters. The first-order valence-corrected chi connectivity index (χ1v) is 5.77. The second-order valence-corrected chi connectivity index (χ2v) is 4.84. The minimum absolute atomic E-state index is 0.0200. The summed E-state index contributed by atoms with van der Waals surface area (Å²) in [4.78, 5) is 13.9. The molecule has 1 amide bonds. The van der Waals surface area contributed by atoms with Crippen molar-refractivity contribution in [1.82, 2.24) is 5.32 Å². The molecule has 0 aliphatic heterocycles. The van der Waals surface area contributed by atoms with E-state index in [-0.39, 0.29) is 18.1 Å². The zero-order valence-corrected chi connectivity index (χ0v) is 10.2. The summed E-state index contributed by atoms with van der Waals surface area (Å²) >= 11 is 0. The van der Waals surface area contributed by atoms with Crippen LogP contribution in [0.2, 0.25) is 0 Å². The lowest BCUT2D eigenvalue weighted by molar-refractivity contribution is 0.0907. The Hall–Kier alpha value is -1.55. The Morgan fingerprint density at radius 1 is 1.47 bits per heavy atom. The number of carbonyl (C=O) groups is 1. The number of nitrogens with zero attached hydrogens (tertiary/aromatic N) is 1. The first kappa shape index (κ1) is 11.9. The van der Waals surface area contributed by atoms with Crippen molar-refractivity contribution >= 4 is 11.6 Å². The summed E-state index contributed by atoms with van der Waals surface area (Å²) in [7, 11) is 3.88. The van der Waals surface area contributed by atoms with Crippen LogP contribution in [0.25, 0.3) is 0 Å². The van der Waals surface area contributed by atoms with Crippen LogP contribution in [0.1, 0.15) is 23.2 Å². The SMILES string of the molecule is CN(C)c1cccc(C(=O)NC2(CO)CC2)c1. The van der Waals surface area contributed by atoms with Crippen LogP contribution >= 0.6 is 0 Å². The molecule has 1 aliphatic rings. The number of rotatable bonds is 4. The molecule has 0 spiro atoms. The fourth-order valence-electron chi connectivity index (χ4n) is 1.71. The Bertz CT molecular complexity index is 425. The smallest absolute Gasteiger partial charge is 0.251 e. The summed E-state index contributed by atoms with van der Waals surface area (Å²) in [5.41, 5.74) is 1.27. The van der Waals surface area contributed by atoms with Gasteiger partial charge in [-0.3, -0.25) is 4.79 Å². The van der Waals surface area contributed by atoms with Gasteiger partial charge in [-0.2, -0.15) is 0 Å². The van der Waals surface area contributed by atoms with Crippen LogP contribution in [0.3, 0.4) is 0 Å². The van der Waals surface area contributed by atoms with E-state index < -0.39 is 0 Å². The lowest BCUT2D eigenvalue weighted by atomic mass is 10.1. The molecule has 0 aromatic heterocycles. The van der Waals surface area contributed by atoms with E-state index in [9.17, 15) is 9.90 Å². The first-order valence-electron chi connectivity index (χ1n) is 5.77. The Morgan fingerprint density at radius 2 is 2.18 bits per heavy atom. The lowest BCUT2D eigenvalue weighted by Gasteiger charge is -2.16. The van der Waals surface area contributed by atoms with Gasteiger partial charge in [0, 0.05) is 25.3 Å². The molecule has 1 aromatic rings. The molecule has 2 N–H and O–H groups in total. The maximum absolute atomic E-state index is 12.0. The van der Waals surface area contributed by atoms with Gasteiger partial charge in [-0.15, -0.1) is 0 Å². The number of nitrogens with one attached hydrogen (secondary N) is 1. The molecule has 0 radical (unpaired) electrons. The highest BCUT2D eigenvalue weighted by Crippen LogP contribution is 2.34. The van der Waals surface area contributed by atoms with Gasteiger partial charge in [0.25, 0.3) is 5.91 Å². The molecule has 2 rings (SSSR count). The van der Waals surface area contributed by atoms with Crippen molar-refractivity contribution in [2.45, 2.75) is 18.4 Å². The Labute approximate surface area is 101 Å². The molecule has 0 bridgehead atoms. The van der Waals surface area contributed by atoms with Crippen LogP contribution < -0.4 is 10.2 Å². The van der Waals surface area contributed by atoms with Gasteiger partial charge in [0.05, 0.1) is 12.1 Å². The number of hydrogen-bond donors (Lipinski definition) is 2. The van der Waals surface area contributed by atoms with E-state index in [2.05, 4.69) is 5.32 Å². The van der Waals surface area contributed by atoms with E-state index in [0.717, 1.165) is 18.5 Å². The zero-order valence-electron chi connectivity index (χ0n) is 10.2. The molecule has 1 fully saturated rings. The third-order valence-corrected chi connectivity index (χ3v) is 3.16. The average molecular weight is 234 g/mol. The monoisotopic (exact) mass is 234 g/mol. The highest BCUT2D eigenvalue weighted by Gasteiger charge is 2.43. The Morgan fingerprint density at radius 3 is 2.71 bits per heavy atom. The maximum Gasteiger partial charge on any atom is 0.251 e. The van der Waals surface area contributed by atoms with E-state index in [1.807, 2.05) is 37.2 Å². The molecule has 1 saturated carbocycles. The predicted molar refractivity (Wildman–Crippen MR) is 67.3 cm³/mol. The molecular weight excluding hydrogens is 216 g/mol. The molecular formula is C13H18N2O2. The number of aliphatic hydroxyl groups is 1. The highest BCUT2D eigenvalue weighted by molar-refractivity contribution is 5.95. The van der Waals surface area contributed by atoms with Crippen molar-refractivity contribution in [2.24, 2.45) is 0 Å². The maximum atomic E-state index is 12.0. The average Bonchev–Trinajstić information content (AvgIpc) is 3.09. The number of benzene rings is 1. The highest BCUT2D eigenvalue weighted by atomic mass is 16.3. The lowest BCUT2D eigenvalue weighted by Crippen LogP contribution is -2.39. The largest absolute Gasteiger partial charge is 0.394 e. The molecule has 0 atom stereocenters. The zero-order chi connectivity index (χ0) is 12.5. The van der Waals surface area contributed by atoms with Gasteiger partial charge in [-0.25, -0.2) is 0 Å². The van der Waals surface area contributed by atoms with Crippen LogP contribution in [0, 0.1) is 0 Å². The Balaban J connectivity index is 2.11. The number of anilines is 1. The van der Waals surface area contributed by atoms with Crippen molar-refractivity contribution in [3.63, 3.8) is 0 Å². The molecule has 4 nitrogen and oxygen atoms in total. The minimum atomic E-state index is -0.356. The molecule has 4 heteroatoms. The van der Waals surface area contributed by atoms with Crippen LogP contribution in [-0.2, 0) is 0 Å². The van der Waals surface area contributed by atoms with Crippen molar-refractivity contribution in [3.8, 4) is 0 Å². The van der Waals surface area contributed by atoms with E-state index >= 15 is 0 Å². The van der Waals surface area contributed by atoms with E-state index in [4.69, 9.17) is 0 Å². The van der Waals surface area contributed by atoms with E-state index in [1.165, 1.54) is 0 Å². The van der Waals surface area contributed by atoms with Crippen LogP contribution in [0.15, 0.2) is 24.3 Å². The van der Waals surface area contributed by atoms with Gasteiger partial charge in [0.15, 0.2) is 0 Å². The number of aliphatic hydroxyl groups excluding tert-OH is 1.